The predicted molar refractivity (Wildman–Crippen MR) is 80.4 cm³/mol. The summed E-state index contributed by atoms with van der Waals surface area (Å²) in [6.07, 6.45) is 2.61. The summed E-state index contributed by atoms with van der Waals surface area (Å²) in [5, 5.41) is 3.40. The first kappa shape index (κ1) is 14.8. The van der Waals surface area contributed by atoms with Gasteiger partial charge in [-0.15, -0.1) is 0 Å². The number of ether oxygens (including phenoxy) is 2. The van der Waals surface area contributed by atoms with Crippen LogP contribution >= 0.6 is 15.9 Å². The van der Waals surface area contributed by atoms with Gasteiger partial charge in [-0.1, -0.05) is 28.9 Å². The molecule has 0 aliphatic heterocycles. The number of nitrogens with one attached hydrogen (secondary N) is 1. The molecule has 1 aliphatic rings. The summed E-state index contributed by atoms with van der Waals surface area (Å²) in [4.78, 5) is 0. The van der Waals surface area contributed by atoms with Gasteiger partial charge in [-0.05, 0) is 44.4 Å². The fourth-order valence-corrected chi connectivity index (χ4v) is 2.35. The van der Waals surface area contributed by atoms with Crippen LogP contribution in [0.3, 0.4) is 0 Å². The Hall–Kier alpha value is -0.580. The Balaban J connectivity index is 1.92. The standard InChI is InChI=1S/C15H22BrNO2/c1-3-17-11(2)14-7-6-13(16)8-15(14)19-10-18-9-12-4-5-12/h6-8,11-12,17H,3-5,9-10H2,1-2H3. The van der Waals surface area contributed by atoms with Crippen LogP contribution in [-0.2, 0) is 4.74 Å². The van der Waals surface area contributed by atoms with Gasteiger partial charge in [0.1, 0.15) is 5.75 Å². The Labute approximate surface area is 123 Å². The molecule has 0 heterocycles. The van der Waals surface area contributed by atoms with Crippen LogP contribution in [0.1, 0.15) is 38.3 Å². The van der Waals surface area contributed by atoms with E-state index in [4.69, 9.17) is 9.47 Å². The molecule has 0 amide bonds. The molecule has 1 atom stereocenters. The van der Waals surface area contributed by atoms with E-state index in [0.29, 0.717) is 6.79 Å². The molecule has 106 valence electrons. The normalized spacial score (nSPS) is 16.4. The molecule has 1 aromatic rings. The second kappa shape index (κ2) is 7.27. The van der Waals surface area contributed by atoms with E-state index in [1.807, 2.05) is 12.1 Å². The Bertz CT molecular complexity index is 407. The molecule has 0 bridgehead atoms. The second-order valence-corrected chi connectivity index (χ2v) is 5.95. The number of rotatable bonds is 8. The molecular formula is C15H22BrNO2. The zero-order valence-corrected chi connectivity index (χ0v) is 13.2. The monoisotopic (exact) mass is 327 g/mol. The molecule has 0 aromatic heterocycles. The second-order valence-electron chi connectivity index (χ2n) is 5.04. The fraction of sp³-hybridized carbons (Fsp3) is 0.600. The van der Waals surface area contributed by atoms with Gasteiger partial charge in [0.25, 0.3) is 0 Å². The first-order chi connectivity index (χ1) is 9.20. The van der Waals surface area contributed by atoms with Gasteiger partial charge in [0.05, 0.1) is 6.61 Å². The van der Waals surface area contributed by atoms with Crippen molar-refractivity contribution in [3.05, 3.63) is 28.2 Å². The zero-order chi connectivity index (χ0) is 13.7. The van der Waals surface area contributed by atoms with Crippen molar-refractivity contribution in [3.63, 3.8) is 0 Å². The van der Waals surface area contributed by atoms with Crippen molar-refractivity contribution >= 4 is 15.9 Å². The Morgan fingerprint density at radius 2 is 2.21 bits per heavy atom. The van der Waals surface area contributed by atoms with Crippen molar-refractivity contribution in [2.75, 3.05) is 19.9 Å². The molecule has 19 heavy (non-hydrogen) atoms. The lowest BCUT2D eigenvalue weighted by molar-refractivity contribution is 0.00921. The van der Waals surface area contributed by atoms with Crippen molar-refractivity contribution in [3.8, 4) is 5.75 Å². The van der Waals surface area contributed by atoms with E-state index in [-0.39, 0.29) is 6.04 Å². The van der Waals surface area contributed by atoms with E-state index in [1.165, 1.54) is 18.4 Å². The number of benzene rings is 1. The quantitative estimate of drug-likeness (QED) is 0.580. The molecule has 1 N–H and O–H groups in total. The molecule has 1 saturated carbocycles. The topological polar surface area (TPSA) is 30.5 Å². The van der Waals surface area contributed by atoms with E-state index in [9.17, 15) is 0 Å². The van der Waals surface area contributed by atoms with Crippen molar-refractivity contribution in [1.82, 2.24) is 5.32 Å². The van der Waals surface area contributed by atoms with Crippen LogP contribution < -0.4 is 10.1 Å². The minimum absolute atomic E-state index is 0.275. The van der Waals surface area contributed by atoms with Gasteiger partial charge in [-0.2, -0.15) is 0 Å². The zero-order valence-electron chi connectivity index (χ0n) is 11.6. The Morgan fingerprint density at radius 3 is 2.89 bits per heavy atom. The van der Waals surface area contributed by atoms with Gasteiger partial charge < -0.3 is 14.8 Å². The summed E-state index contributed by atoms with van der Waals surface area (Å²) in [5.41, 5.74) is 1.17. The number of hydrogen-bond donors (Lipinski definition) is 1. The first-order valence-corrected chi connectivity index (χ1v) is 7.73. The minimum atomic E-state index is 0.275. The molecule has 2 rings (SSSR count). The average Bonchev–Trinajstić information content (AvgIpc) is 3.19. The van der Waals surface area contributed by atoms with E-state index in [0.717, 1.165) is 29.3 Å². The van der Waals surface area contributed by atoms with Gasteiger partial charge in [-0.25, -0.2) is 0 Å². The van der Waals surface area contributed by atoms with E-state index in [1.54, 1.807) is 0 Å². The lowest BCUT2D eigenvalue weighted by Crippen LogP contribution is -2.19. The molecule has 0 saturated heterocycles. The molecular weight excluding hydrogens is 306 g/mol. The third-order valence-corrected chi connectivity index (χ3v) is 3.79. The summed E-state index contributed by atoms with van der Waals surface area (Å²) in [5.74, 6) is 1.66. The first-order valence-electron chi connectivity index (χ1n) is 6.94. The molecule has 0 spiro atoms. The maximum atomic E-state index is 5.77. The summed E-state index contributed by atoms with van der Waals surface area (Å²) in [7, 11) is 0. The third kappa shape index (κ3) is 4.79. The minimum Gasteiger partial charge on any atom is -0.467 e. The number of hydrogen-bond acceptors (Lipinski definition) is 3. The smallest absolute Gasteiger partial charge is 0.189 e. The SMILES string of the molecule is CCNC(C)c1ccc(Br)cc1OCOCC1CC1. The van der Waals surface area contributed by atoms with Gasteiger partial charge >= 0.3 is 0 Å². The van der Waals surface area contributed by atoms with Gasteiger partial charge in [0.15, 0.2) is 6.79 Å². The van der Waals surface area contributed by atoms with Crippen LogP contribution in [0.25, 0.3) is 0 Å². The van der Waals surface area contributed by atoms with Crippen molar-refractivity contribution < 1.29 is 9.47 Å². The Kier molecular flexibility index (Phi) is 5.67. The Morgan fingerprint density at radius 1 is 1.42 bits per heavy atom. The van der Waals surface area contributed by atoms with E-state index < -0.39 is 0 Å². The third-order valence-electron chi connectivity index (χ3n) is 3.30. The van der Waals surface area contributed by atoms with E-state index >= 15 is 0 Å². The molecule has 1 aromatic carbocycles. The molecule has 0 radical (unpaired) electrons. The van der Waals surface area contributed by atoms with E-state index in [2.05, 4.69) is 41.2 Å². The van der Waals surface area contributed by atoms with Crippen molar-refractivity contribution in [2.45, 2.75) is 32.7 Å². The maximum Gasteiger partial charge on any atom is 0.189 e. The van der Waals surface area contributed by atoms with Gasteiger partial charge in [0, 0.05) is 16.1 Å². The molecule has 1 fully saturated rings. The van der Waals surface area contributed by atoms with Gasteiger partial charge in [0.2, 0.25) is 0 Å². The number of halogens is 1. The molecule has 3 nitrogen and oxygen atoms in total. The average molecular weight is 328 g/mol. The maximum absolute atomic E-state index is 5.77. The highest BCUT2D eigenvalue weighted by molar-refractivity contribution is 9.10. The largest absolute Gasteiger partial charge is 0.467 e. The highest BCUT2D eigenvalue weighted by Crippen LogP contribution is 2.30. The summed E-state index contributed by atoms with van der Waals surface area (Å²) in [6.45, 7) is 6.35. The highest BCUT2D eigenvalue weighted by Gasteiger charge is 2.21. The fourth-order valence-electron chi connectivity index (χ4n) is 2.01. The predicted octanol–water partition coefficient (Wildman–Crippen LogP) is 3.88. The molecule has 1 aliphatic carbocycles. The van der Waals surface area contributed by atoms with Gasteiger partial charge in [-0.3, -0.25) is 0 Å². The highest BCUT2D eigenvalue weighted by atomic mass is 79.9. The molecule has 4 heteroatoms. The molecule has 1 unspecified atom stereocenters. The van der Waals surface area contributed by atoms with Crippen LogP contribution in [0.5, 0.6) is 5.75 Å². The van der Waals surface area contributed by atoms with Crippen LogP contribution in [-0.4, -0.2) is 19.9 Å². The summed E-state index contributed by atoms with van der Waals surface area (Å²) in [6, 6.07) is 6.41. The van der Waals surface area contributed by atoms with Crippen LogP contribution in [0.2, 0.25) is 0 Å². The van der Waals surface area contributed by atoms with Crippen LogP contribution in [0, 0.1) is 5.92 Å². The van der Waals surface area contributed by atoms with Crippen molar-refractivity contribution in [1.29, 1.82) is 0 Å². The summed E-state index contributed by atoms with van der Waals surface area (Å²) < 4.78 is 12.3. The lowest BCUT2D eigenvalue weighted by Gasteiger charge is -2.18. The van der Waals surface area contributed by atoms with Crippen LogP contribution in [0.15, 0.2) is 22.7 Å². The van der Waals surface area contributed by atoms with Crippen LogP contribution in [0.4, 0.5) is 0 Å². The summed E-state index contributed by atoms with van der Waals surface area (Å²) >= 11 is 3.49. The van der Waals surface area contributed by atoms with Crippen molar-refractivity contribution in [2.24, 2.45) is 5.92 Å². The lowest BCUT2D eigenvalue weighted by atomic mass is 10.1.